The summed E-state index contributed by atoms with van der Waals surface area (Å²) in [5.74, 6) is -1.07. The highest BCUT2D eigenvalue weighted by Gasteiger charge is 2.23. The van der Waals surface area contributed by atoms with Crippen LogP contribution in [0.25, 0.3) is 11.1 Å². The highest BCUT2D eigenvalue weighted by atomic mass is 16.6. The maximum Gasteiger partial charge on any atom is 0.408 e. The van der Waals surface area contributed by atoms with Crippen molar-refractivity contribution in [1.82, 2.24) is 5.32 Å². The summed E-state index contributed by atoms with van der Waals surface area (Å²) < 4.78 is 5.13. The lowest BCUT2D eigenvalue weighted by Gasteiger charge is -2.22. The molecule has 138 valence electrons. The summed E-state index contributed by atoms with van der Waals surface area (Å²) in [5.41, 5.74) is 2.53. The Morgan fingerprint density at radius 3 is 2.31 bits per heavy atom. The van der Waals surface area contributed by atoms with Gasteiger partial charge >= 0.3 is 12.1 Å². The number of carboxylic acids is 1. The van der Waals surface area contributed by atoms with Gasteiger partial charge in [0, 0.05) is 0 Å². The number of rotatable bonds is 6. The van der Waals surface area contributed by atoms with E-state index in [1.165, 1.54) is 0 Å². The van der Waals surface area contributed by atoms with Crippen LogP contribution in [0.5, 0.6) is 0 Å². The van der Waals surface area contributed by atoms with Gasteiger partial charge in [-0.25, -0.2) is 9.59 Å². The molecule has 0 aromatic heterocycles. The minimum Gasteiger partial charge on any atom is -0.480 e. The van der Waals surface area contributed by atoms with Crippen molar-refractivity contribution in [2.24, 2.45) is 0 Å². The van der Waals surface area contributed by atoms with Gasteiger partial charge in [-0.3, -0.25) is 0 Å². The average Bonchev–Trinajstić information content (AvgIpc) is 2.58. The van der Waals surface area contributed by atoms with Crippen LogP contribution in [-0.2, 0) is 16.0 Å². The van der Waals surface area contributed by atoms with Crippen LogP contribution < -0.4 is 5.32 Å². The highest BCUT2D eigenvalue weighted by molar-refractivity contribution is 5.80. The second-order valence-corrected chi connectivity index (χ2v) is 7.14. The Morgan fingerprint density at radius 2 is 1.69 bits per heavy atom. The van der Waals surface area contributed by atoms with Crippen molar-refractivity contribution in [2.75, 3.05) is 0 Å². The standard InChI is InChI=1S/C21H25NO4/c1-21(2,3)26-20(25)22-18(19(23)24)13-12-15-8-7-11-17(14-15)16-9-5-4-6-10-16/h4-11,14,18H,12-13H2,1-3H3,(H,22,25)(H,23,24). The zero-order valence-electron chi connectivity index (χ0n) is 15.4. The van der Waals surface area contributed by atoms with Gasteiger partial charge in [-0.15, -0.1) is 0 Å². The Morgan fingerprint density at radius 1 is 1.04 bits per heavy atom. The fourth-order valence-corrected chi connectivity index (χ4v) is 2.56. The molecule has 5 nitrogen and oxygen atoms in total. The van der Waals surface area contributed by atoms with E-state index in [-0.39, 0.29) is 6.42 Å². The molecule has 0 aliphatic carbocycles. The van der Waals surface area contributed by atoms with Gasteiger partial charge in [0.15, 0.2) is 0 Å². The van der Waals surface area contributed by atoms with Crippen LogP contribution in [0.1, 0.15) is 32.8 Å². The molecule has 0 aliphatic heterocycles. The fourth-order valence-electron chi connectivity index (χ4n) is 2.56. The lowest BCUT2D eigenvalue weighted by Crippen LogP contribution is -2.43. The van der Waals surface area contributed by atoms with Crippen LogP contribution in [0, 0.1) is 0 Å². The largest absolute Gasteiger partial charge is 0.480 e. The molecule has 5 heteroatoms. The SMILES string of the molecule is CC(C)(C)OC(=O)NC(CCc1cccc(-c2ccccc2)c1)C(=O)O. The second kappa shape index (κ2) is 8.52. The number of hydrogen-bond acceptors (Lipinski definition) is 3. The quantitative estimate of drug-likeness (QED) is 0.812. The minimum absolute atomic E-state index is 0.285. The van der Waals surface area contributed by atoms with Crippen LogP contribution in [0.4, 0.5) is 4.79 Å². The highest BCUT2D eigenvalue weighted by Crippen LogP contribution is 2.21. The third-order valence-electron chi connectivity index (χ3n) is 3.74. The normalized spacial score (nSPS) is 12.3. The van der Waals surface area contributed by atoms with E-state index in [1.54, 1.807) is 20.8 Å². The first-order valence-electron chi connectivity index (χ1n) is 8.61. The topological polar surface area (TPSA) is 75.6 Å². The van der Waals surface area contributed by atoms with Crippen molar-refractivity contribution >= 4 is 12.1 Å². The number of carbonyl (C=O) groups excluding carboxylic acids is 1. The number of ether oxygens (including phenoxy) is 1. The van der Waals surface area contributed by atoms with E-state index < -0.39 is 23.7 Å². The molecular formula is C21H25NO4. The Kier molecular flexibility index (Phi) is 6.39. The number of hydrogen-bond donors (Lipinski definition) is 2. The summed E-state index contributed by atoms with van der Waals surface area (Å²) in [6.07, 6.45) is 0.100. The van der Waals surface area contributed by atoms with Gasteiger partial charge in [-0.1, -0.05) is 54.6 Å². The van der Waals surface area contributed by atoms with Gasteiger partial charge in [-0.2, -0.15) is 0 Å². The molecule has 0 radical (unpaired) electrons. The van der Waals surface area contributed by atoms with Crippen molar-refractivity contribution in [3.8, 4) is 11.1 Å². The number of alkyl carbamates (subject to hydrolysis) is 1. The van der Waals surface area contributed by atoms with E-state index in [0.717, 1.165) is 16.7 Å². The summed E-state index contributed by atoms with van der Waals surface area (Å²) in [4.78, 5) is 23.3. The second-order valence-electron chi connectivity index (χ2n) is 7.14. The molecule has 0 heterocycles. The zero-order valence-corrected chi connectivity index (χ0v) is 15.4. The summed E-state index contributed by atoms with van der Waals surface area (Å²) in [7, 11) is 0. The van der Waals surface area contributed by atoms with Crippen molar-refractivity contribution in [3.63, 3.8) is 0 Å². The molecule has 1 amide bonds. The molecule has 2 aromatic rings. The maximum atomic E-state index is 11.8. The van der Waals surface area contributed by atoms with E-state index >= 15 is 0 Å². The first-order chi connectivity index (χ1) is 12.2. The zero-order chi connectivity index (χ0) is 19.2. The van der Waals surface area contributed by atoms with Crippen molar-refractivity contribution in [1.29, 1.82) is 0 Å². The van der Waals surface area contributed by atoms with Crippen LogP contribution in [0.15, 0.2) is 54.6 Å². The Bertz CT molecular complexity index is 750. The van der Waals surface area contributed by atoms with Crippen molar-refractivity contribution < 1.29 is 19.4 Å². The van der Waals surface area contributed by atoms with Crippen LogP contribution in [-0.4, -0.2) is 28.8 Å². The van der Waals surface area contributed by atoms with Gasteiger partial charge < -0.3 is 15.2 Å². The Balaban J connectivity index is 2.01. The molecule has 2 aromatic carbocycles. The van der Waals surface area contributed by atoms with Gasteiger partial charge in [0.05, 0.1) is 0 Å². The summed E-state index contributed by atoms with van der Waals surface area (Å²) in [6.45, 7) is 5.20. The lowest BCUT2D eigenvalue weighted by atomic mass is 9.99. The molecular weight excluding hydrogens is 330 g/mol. The van der Waals surface area contributed by atoms with Crippen molar-refractivity contribution in [2.45, 2.75) is 45.3 Å². The third-order valence-corrected chi connectivity index (χ3v) is 3.74. The first kappa shape index (κ1) is 19.5. The monoisotopic (exact) mass is 355 g/mol. The molecule has 0 fully saturated rings. The smallest absolute Gasteiger partial charge is 0.408 e. The van der Waals surface area contributed by atoms with E-state index in [4.69, 9.17) is 4.74 Å². The molecule has 2 N–H and O–H groups in total. The molecule has 1 unspecified atom stereocenters. The molecule has 0 saturated carbocycles. The van der Waals surface area contributed by atoms with Gasteiger partial charge in [0.25, 0.3) is 0 Å². The first-order valence-corrected chi connectivity index (χ1v) is 8.61. The minimum atomic E-state index is -1.07. The summed E-state index contributed by atoms with van der Waals surface area (Å²) >= 11 is 0. The number of nitrogens with one attached hydrogen (secondary N) is 1. The summed E-state index contributed by atoms with van der Waals surface area (Å²) in [6, 6.07) is 17.0. The number of benzene rings is 2. The van der Waals surface area contributed by atoms with E-state index in [2.05, 4.69) is 5.32 Å². The molecule has 0 saturated heterocycles. The van der Waals surface area contributed by atoms with Crippen LogP contribution in [0.3, 0.4) is 0 Å². The van der Waals surface area contributed by atoms with Crippen LogP contribution in [0.2, 0.25) is 0 Å². The predicted molar refractivity (Wildman–Crippen MR) is 101 cm³/mol. The number of carboxylic acid groups (broad SMARTS) is 1. The number of amides is 1. The predicted octanol–water partition coefficient (Wildman–Crippen LogP) is 4.26. The maximum absolute atomic E-state index is 11.8. The van der Waals surface area contributed by atoms with E-state index in [0.29, 0.717) is 6.42 Å². The molecule has 1 atom stereocenters. The fraction of sp³-hybridized carbons (Fsp3) is 0.333. The average molecular weight is 355 g/mol. The molecule has 0 aliphatic rings. The van der Waals surface area contributed by atoms with E-state index in [9.17, 15) is 14.7 Å². The summed E-state index contributed by atoms with van der Waals surface area (Å²) in [5, 5.41) is 11.8. The van der Waals surface area contributed by atoms with Crippen molar-refractivity contribution in [3.05, 3.63) is 60.2 Å². The molecule has 0 spiro atoms. The molecule has 2 rings (SSSR count). The van der Waals surface area contributed by atoms with Gasteiger partial charge in [0.2, 0.25) is 0 Å². The van der Waals surface area contributed by atoms with E-state index in [1.807, 2.05) is 54.6 Å². The lowest BCUT2D eigenvalue weighted by molar-refractivity contribution is -0.139. The number of carbonyl (C=O) groups is 2. The Labute approximate surface area is 154 Å². The molecule has 0 bridgehead atoms. The molecule has 26 heavy (non-hydrogen) atoms. The number of aryl methyl sites for hydroxylation is 1. The van der Waals surface area contributed by atoms with Crippen LogP contribution >= 0.6 is 0 Å². The Hall–Kier alpha value is -2.82. The third kappa shape index (κ3) is 6.24. The number of aliphatic carboxylic acids is 1. The van der Waals surface area contributed by atoms with Gasteiger partial charge in [-0.05, 0) is 50.3 Å². The van der Waals surface area contributed by atoms with Gasteiger partial charge in [0.1, 0.15) is 11.6 Å².